The van der Waals surface area contributed by atoms with Crippen LogP contribution in [0.25, 0.3) is 27.3 Å². The highest BCUT2D eigenvalue weighted by Gasteiger charge is 2.23. The summed E-state index contributed by atoms with van der Waals surface area (Å²) >= 11 is 1.56. The average molecular weight is 445 g/mol. The van der Waals surface area contributed by atoms with Gasteiger partial charge in [0.05, 0.1) is 44.2 Å². The van der Waals surface area contributed by atoms with E-state index in [1.807, 2.05) is 61.7 Å². The molecule has 0 spiro atoms. The van der Waals surface area contributed by atoms with Gasteiger partial charge in [-0.15, -0.1) is 11.3 Å². The molecular formula is C24H20N4O3S. The Morgan fingerprint density at radius 3 is 2.59 bits per heavy atom. The SMILES string of the molecule is Cc1noc(C)c1COC(=O)c1cc(-c2cccs2)nc2c1c(C)nn2-c1ccccc1. The zero-order valence-corrected chi connectivity index (χ0v) is 18.6. The summed E-state index contributed by atoms with van der Waals surface area (Å²) in [4.78, 5) is 19.1. The second-order valence-corrected chi connectivity index (χ2v) is 8.39. The Kier molecular flexibility index (Phi) is 5.07. The lowest BCUT2D eigenvalue weighted by atomic mass is 10.1. The zero-order chi connectivity index (χ0) is 22.2. The lowest BCUT2D eigenvalue weighted by Gasteiger charge is -2.09. The lowest BCUT2D eigenvalue weighted by molar-refractivity contribution is 0.0473. The first kappa shape index (κ1) is 20.1. The topological polar surface area (TPSA) is 83.0 Å². The highest BCUT2D eigenvalue weighted by Crippen LogP contribution is 2.31. The fourth-order valence-electron chi connectivity index (χ4n) is 3.67. The molecular weight excluding hydrogens is 424 g/mol. The number of carbonyl (C=O) groups is 1. The van der Waals surface area contributed by atoms with Crippen LogP contribution < -0.4 is 0 Å². The number of aromatic nitrogens is 4. The van der Waals surface area contributed by atoms with E-state index in [1.54, 1.807) is 29.0 Å². The smallest absolute Gasteiger partial charge is 0.339 e. The molecule has 0 unspecified atom stereocenters. The van der Waals surface area contributed by atoms with E-state index >= 15 is 0 Å². The highest BCUT2D eigenvalue weighted by atomic mass is 32.1. The van der Waals surface area contributed by atoms with Crippen LogP contribution in [0.3, 0.4) is 0 Å². The first-order valence-electron chi connectivity index (χ1n) is 10.1. The number of para-hydroxylation sites is 1. The van der Waals surface area contributed by atoms with Crippen molar-refractivity contribution in [3.63, 3.8) is 0 Å². The Morgan fingerprint density at radius 1 is 1.09 bits per heavy atom. The van der Waals surface area contributed by atoms with Crippen molar-refractivity contribution in [1.29, 1.82) is 0 Å². The minimum Gasteiger partial charge on any atom is -0.457 e. The number of thiophene rings is 1. The first-order chi connectivity index (χ1) is 15.5. The van der Waals surface area contributed by atoms with Gasteiger partial charge in [0.25, 0.3) is 0 Å². The van der Waals surface area contributed by atoms with Crippen molar-refractivity contribution in [2.75, 3.05) is 0 Å². The third-order valence-electron chi connectivity index (χ3n) is 5.34. The second kappa shape index (κ2) is 8.05. The molecule has 0 bridgehead atoms. The molecule has 4 heterocycles. The number of hydrogen-bond donors (Lipinski definition) is 0. The molecule has 0 saturated carbocycles. The number of fused-ring (bicyclic) bond motifs is 1. The van der Waals surface area contributed by atoms with Gasteiger partial charge in [-0.05, 0) is 50.4 Å². The van der Waals surface area contributed by atoms with Gasteiger partial charge in [-0.2, -0.15) is 5.10 Å². The number of aryl methyl sites for hydroxylation is 3. The molecule has 0 amide bonds. The lowest BCUT2D eigenvalue weighted by Crippen LogP contribution is -2.08. The second-order valence-electron chi connectivity index (χ2n) is 7.44. The van der Waals surface area contributed by atoms with E-state index in [0.717, 1.165) is 16.1 Å². The predicted octanol–water partition coefficient (Wildman–Crippen LogP) is 5.42. The minimum absolute atomic E-state index is 0.0873. The molecule has 5 aromatic rings. The summed E-state index contributed by atoms with van der Waals surface area (Å²) in [6.07, 6.45) is 0. The molecule has 5 rings (SSSR count). The van der Waals surface area contributed by atoms with E-state index in [4.69, 9.17) is 14.2 Å². The number of esters is 1. The van der Waals surface area contributed by atoms with Crippen LogP contribution in [-0.2, 0) is 11.3 Å². The van der Waals surface area contributed by atoms with Crippen LogP contribution in [0.5, 0.6) is 0 Å². The summed E-state index contributed by atoms with van der Waals surface area (Å²) in [5.41, 5.74) is 4.82. The van der Waals surface area contributed by atoms with E-state index in [9.17, 15) is 4.79 Å². The standard InChI is InChI=1S/C24H20N4O3S/c1-14-19(16(3)31-27-14)13-30-24(29)18-12-20(21-10-7-11-32-21)25-23-22(18)15(2)26-28(23)17-8-5-4-6-9-17/h4-12H,13H2,1-3H3. The summed E-state index contributed by atoms with van der Waals surface area (Å²) in [6.45, 7) is 5.59. The molecule has 4 aromatic heterocycles. The third kappa shape index (κ3) is 3.48. The van der Waals surface area contributed by atoms with Crippen molar-refractivity contribution in [3.8, 4) is 16.3 Å². The van der Waals surface area contributed by atoms with Gasteiger partial charge in [0.15, 0.2) is 5.65 Å². The molecule has 0 aliphatic heterocycles. The molecule has 0 aliphatic carbocycles. The first-order valence-corrected chi connectivity index (χ1v) is 11.0. The molecule has 0 radical (unpaired) electrons. The number of hydrogen-bond acceptors (Lipinski definition) is 7. The van der Waals surface area contributed by atoms with E-state index in [1.165, 1.54) is 0 Å². The van der Waals surface area contributed by atoms with Crippen molar-refractivity contribution < 1.29 is 14.1 Å². The van der Waals surface area contributed by atoms with Crippen molar-refractivity contribution in [3.05, 3.63) is 82.2 Å². The predicted molar refractivity (Wildman–Crippen MR) is 122 cm³/mol. The van der Waals surface area contributed by atoms with Gasteiger partial charge >= 0.3 is 5.97 Å². The Hall–Kier alpha value is -3.78. The van der Waals surface area contributed by atoms with Crippen LogP contribution in [0.4, 0.5) is 0 Å². The summed E-state index contributed by atoms with van der Waals surface area (Å²) in [5, 5.41) is 11.3. The molecule has 0 aliphatic rings. The molecule has 32 heavy (non-hydrogen) atoms. The summed E-state index contributed by atoms with van der Waals surface area (Å²) in [5.74, 6) is 0.202. The molecule has 0 atom stereocenters. The third-order valence-corrected chi connectivity index (χ3v) is 6.23. The van der Waals surface area contributed by atoms with Crippen LogP contribution in [0.1, 0.15) is 33.1 Å². The van der Waals surface area contributed by atoms with Gasteiger partial charge in [-0.25, -0.2) is 14.5 Å². The van der Waals surface area contributed by atoms with Crippen LogP contribution >= 0.6 is 11.3 Å². The van der Waals surface area contributed by atoms with Crippen LogP contribution in [0.2, 0.25) is 0 Å². The summed E-state index contributed by atoms with van der Waals surface area (Å²) in [6, 6.07) is 15.5. The monoisotopic (exact) mass is 444 g/mol. The van der Waals surface area contributed by atoms with Gasteiger partial charge in [-0.3, -0.25) is 0 Å². The molecule has 1 aromatic carbocycles. The normalized spacial score (nSPS) is 11.2. The summed E-state index contributed by atoms with van der Waals surface area (Å²) in [7, 11) is 0. The molecule has 0 N–H and O–H groups in total. The van der Waals surface area contributed by atoms with Gasteiger partial charge < -0.3 is 9.26 Å². The minimum atomic E-state index is -0.439. The van der Waals surface area contributed by atoms with Crippen molar-refractivity contribution >= 4 is 28.3 Å². The number of rotatable bonds is 5. The Bertz CT molecular complexity index is 1400. The van der Waals surface area contributed by atoms with Crippen LogP contribution in [0.15, 0.2) is 58.4 Å². The van der Waals surface area contributed by atoms with Crippen molar-refractivity contribution in [2.45, 2.75) is 27.4 Å². The summed E-state index contributed by atoms with van der Waals surface area (Å²) < 4.78 is 12.6. The van der Waals surface area contributed by atoms with Gasteiger partial charge in [0, 0.05) is 0 Å². The number of pyridine rings is 1. The highest BCUT2D eigenvalue weighted by molar-refractivity contribution is 7.13. The molecule has 7 nitrogen and oxygen atoms in total. The van der Waals surface area contributed by atoms with E-state index < -0.39 is 5.97 Å². The number of carbonyl (C=O) groups excluding carboxylic acids is 1. The van der Waals surface area contributed by atoms with E-state index in [-0.39, 0.29) is 6.61 Å². The van der Waals surface area contributed by atoms with Crippen molar-refractivity contribution in [2.24, 2.45) is 0 Å². The quantitative estimate of drug-likeness (QED) is 0.337. The maximum atomic E-state index is 13.3. The molecule has 160 valence electrons. The van der Waals surface area contributed by atoms with Crippen LogP contribution in [0, 0.1) is 20.8 Å². The molecule has 8 heteroatoms. The Morgan fingerprint density at radius 2 is 1.91 bits per heavy atom. The molecule has 0 fully saturated rings. The van der Waals surface area contributed by atoms with Gasteiger partial charge in [-0.1, -0.05) is 29.4 Å². The van der Waals surface area contributed by atoms with E-state index in [2.05, 4.69) is 10.3 Å². The largest absolute Gasteiger partial charge is 0.457 e. The fourth-order valence-corrected chi connectivity index (χ4v) is 4.36. The number of ether oxygens (including phenoxy) is 1. The maximum absolute atomic E-state index is 13.3. The molecule has 0 saturated heterocycles. The Labute approximate surface area is 188 Å². The maximum Gasteiger partial charge on any atom is 0.339 e. The Balaban J connectivity index is 1.64. The number of nitrogens with zero attached hydrogens (tertiary/aromatic N) is 4. The fraction of sp³-hybridized carbons (Fsp3) is 0.167. The van der Waals surface area contributed by atoms with Crippen molar-refractivity contribution in [1.82, 2.24) is 19.9 Å². The van der Waals surface area contributed by atoms with E-state index in [0.29, 0.717) is 39.4 Å². The number of benzene rings is 1. The van der Waals surface area contributed by atoms with Crippen LogP contribution in [-0.4, -0.2) is 25.9 Å². The zero-order valence-electron chi connectivity index (χ0n) is 17.8. The van der Waals surface area contributed by atoms with Gasteiger partial charge in [0.2, 0.25) is 0 Å². The average Bonchev–Trinajstić information content (AvgIpc) is 3.53. The van der Waals surface area contributed by atoms with Gasteiger partial charge in [0.1, 0.15) is 12.4 Å².